The first kappa shape index (κ1) is 25.0. The van der Waals surface area contributed by atoms with Crippen LogP contribution in [0.25, 0.3) is 11.2 Å². The Morgan fingerprint density at radius 3 is 2.66 bits per heavy atom. The molecule has 0 atom stereocenters. The molecule has 0 fully saturated rings. The van der Waals surface area contributed by atoms with Gasteiger partial charge in [-0.25, -0.2) is 15.0 Å². The van der Waals surface area contributed by atoms with E-state index in [1.54, 1.807) is 6.08 Å². The van der Waals surface area contributed by atoms with Crippen molar-refractivity contribution in [1.29, 1.82) is 0 Å². The summed E-state index contributed by atoms with van der Waals surface area (Å²) < 4.78 is 38.8. The van der Waals surface area contributed by atoms with Crippen LogP contribution < -0.4 is 25.4 Å². The smallest absolute Gasteiger partial charge is 0.395 e. The Bertz CT molecular complexity index is 1240. The number of benzene rings is 1. The second-order valence-electron chi connectivity index (χ2n) is 9.42. The zero-order valence-electron chi connectivity index (χ0n) is 20.1. The van der Waals surface area contributed by atoms with E-state index in [0.717, 1.165) is 6.54 Å². The summed E-state index contributed by atoms with van der Waals surface area (Å²) in [5.41, 5.74) is 7.97. The van der Waals surface area contributed by atoms with E-state index in [0.29, 0.717) is 46.5 Å². The van der Waals surface area contributed by atoms with Crippen LogP contribution >= 0.6 is 11.8 Å². The summed E-state index contributed by atoms with van der Waals surface area (Å²) >= 11 is 1.30. The third-order valence-electron chi connectivity index (χ3n) is 5.19. The topological polar surface area (TPSA) is 103 Å². The van der Waals surface area contributed by atoms with E-state index in [4.69, 9.17) is 15.5 Å². The third-order valence-corrected chi connectivity index (χ3v) is 6.23. The lowest BCUT2D eigenvalue weighted by molar-refractivity contribution is -0.286. The molecule has 0 bridgehead atoms. The number of nitrogens with two attached hydrogens (primary N) is 1. The van der Waals surface area contributed by atoms with Crippen molar-refractivity contribution in [3.63, 3.8) is 0 Å². The lowest BCUT2D eigenvalue weighted by atomic mass is 9.97. The molecule has 0 radical (unpaired) electrons. The quantitative estimate of drug-likeness (QED) is 0.328. The van der Waals surface area contributed by atoms with E-state index in [1.807, 2.05) is 16.5 Å². The molecule has 1 aromatic carbocycles. The minimum Gasteiger partial charge on any atom is -0.395 e. The highest BCUT2D eigenvalue weighted by atomic mass is 32.2. The summed E-state index contributed by atoms with van der Waals surface area (Å²) in [7, 11) is 1.84. The SMILES string of the molecule is C=CCN(C)c1cc2c(cc1Sc1nc3c(N)ncnc3n1CCNCC(C)(C)C)OC(F)(F)O2. The number of aromatic nitrogens is 4. The van der Waals surface area contributed by atoms with Crippen LogP contribution in [0.1, 0.15) is 20.8 Å². The minimum absolute atomic E-state index is 0.0275. The first-order chi connectivity index (χ1) is 16.5. The number of likely N-dealkylation sites (N-methyl/N-ethyl adjacent to an activating group) is 1. The number of rotatable bonds is 9. The van der Waals surface area contributed by atoms with Gasteiger partial charge in [0.15, 0.2) is 33.6 Å². The molecule has 0 aliphatic carbocycles. The molecule has 0 amide bonds. The van der Waals surface area contributed by atoms with Gasteiger partial charge >= 0.3 is 6.29 Å². The van der Waals surface area contributed by atoms with Gasteiger partial charge in [-0.1, -0.05) is 26.8 Å². The zero-order valence-corrected chi connectivity index (χ0v) is 21.0. The molecule has 35 heavy (non-hydrogen) atoms. The number of hydrogen-bond donors (Lipinski definition) is 2. The fraction of sp³-hybridized carbons (Fsp3) is 0.435. The Kier molecular flexibility index (Phi) is 6.78. The predicted molar refractivity (Wildman–Crippen MR) is 132 cm³/mol. The van der Waals surface area contributed by atoms with Gasteiger partial charge in [0.1, 0.15) is 6.33 Å². The number of fused-ring (bicyclic) bond motifs is 2. The van der Waals surface area contributed by atoms with Gasteiger partial charge in [-0.2, -0.15) is 0 Å². The van der Waals surface area contributed by atoms with Gasteiger partial charge in [0.2, 0.25) is 0 Å². The Labute approximate surface area is 206 Å². The van der Waals surface area contributed by atoms with E-state index in [-0.39, 0.29) is 22.7 Å². The summed E-state index contributed by atoms with van der Waals surface area (Å²) in [4.78, 5) is 15.7. The standard InChI is InChI=1S/C23H29F2N7O2S/c1-6-8-31(5)14-10-15-16(34-23(24,25)33-15)11-17(14)35-21-30-18-19(26)28-13-29-20(18)32(21)9-7-27-12-22(2,3)4/h6,10-11,13,27H,1,7-9,12H2,2-5H3,(H2,26,28,29). The minimum atomic E-state index is -3.71. The maximum atomic E-state index is 13.7. The van der Waals surface area contributed by atoms with Gasteiger partial charge in [0.25, 0.3) is 0 Å². The Balaban J connectivity index is 1.72. The first-order valence-electron chi connectivity index (χ1n) is 11.1. The molecule has 0 saturated heterocycles. The van der Waals surface area contributed by atoms with Crippen LogP contribution in [0, 0.1) is 5.41 Å². The summed E-state index contributed by atoms with van der Waals surface area (Å²) in [6.07, 6.45) is -0.589. The second-order valence-corrected chi connectivity index (χ2v) is 10.4. The number of imidazole rings is 1. The van der Waals surface area contributed by atoms with Crippen molar-refractivity contribution in [2.24, 2.45) is 5.41 Å². The van der Waals surface area contributed by atoms with Crippen molar-refractivity contribution in [2.45, 2.75) is 43.7 Å². The molecule has 0 unspecified atom stereocenters. The maximum absolute atomic E-state index is 13.7. The van der Waals surface area contributed by atoms with Crippen LogP contribution in [-0.2, 0) is 6.54 Å². The highest BCUT2D eigenvalue weighted by Gasteiger charge is 2.44. The van der Waals surface area contributed by atoms with Gasteiger partial charge < -0.3 is 30.0 Å². The molecule has 1 aliphatic rings. The van der Waals surface area contributed by atoms with Gasteiger partial charge in [-0.15, -0.1) is 15.4 Å². The molecular weight excluding hydrogens is 476 g/mol. The normalized spacial score (nSPS) is 14.5. The van der Waals surface area contributed by atoms with Crippen LogP contribution in [0.5, 0.6) is 11.5 Å². The summed E-state index contributed by atoms with van der Waals surface area (Å²) in [6.45, 7) is 12.8. The number of alkyl halides is 2. The van der Waals surface area contributed by atoms with Crippen molar-refractivity contribution in [1.82, 2.24) is 24.8 Å². The molecular formula is C23H29F2N7O2S. The number of nitrogen functional groups attached to an aromatic ring is 1. The molecule has 0 saturated carbocycles. The van der Waals surface area contributed by atoms with E-state index >= 15 is 0 Å². The summed E-state index contributed by atoms with van der Waals surface area (Å²) in [6, 6.07) is 3.07. The lowest BCUT2D eigenvalue weighted by Gasteiger charge is -2.21. The van der Waals surface area contributed by atoms with Crippen LogP contribution in [0.15, 0.2) is 41.2 Å². The number of nitrogens with zero attached hydrogens (tertiary/aromatic N) is 5. The van der Waals surface area contributed by atoms with E-state index in [2.05, 4.69) is 47.4 Å². The number of anilines is 2. The molecule has 3 N–H and O–H groups in total. The first-order valence-corrected chi connectivity index (χ1v) is 11.9. The molecule has 2 aromatic heterocycles. The largest absolute Gasteiger partial charge is 0.586 e. The molecule has 9 nitrogen and oxygen atoms in total. The second kappa shape index (κ2) is 9.50. The van der Waals surface area contributed by atoms with E-state index in [9.17, 15) is 8.78 Å². The van der Waals surface area contributed by atoms with Gasteiger partial charge in [-0.05, 0) is 17.2 Å². The highest BCUT2D eigenvalue weighted by Crippen LogP contribution is 2.48. The molecule has 1 aliphatic heterocycles. The maximum Gasteiger partial charge on any atom is 0.586 e. The molecule has 188 valence electrons. The van der Waals surface area contributed by atoms with Crippen molar-refractivity contribution in [2.75, 3.05) is 37.3 Å². The van der Waals surface area contributed by atoms with Crippen LogP contribution in [-0.4, -0.2) is 52.5 Å². The van der Waals surface area contributed by atoms with Crippen LogP contribution in [0.3, 0.4) is 0 Å². The summed E-state index contributed by atoms with van der Waals surface area (Å²) in [5.74, 6) is 0.204. The van der Waals surface area contributed by atoms with Crippen molar-refractivity contribution < 1.29 is 18.3 Å². The van der Waals surface area contributed by atoms with Crippen LogP contribution in [0.4, 0.5) is 20.3 Å². The number of nitrogens with one attached hydrogen (secondary N) is 1. The molecule has 12 heteroatoms. The fourth-order valence-electron chi connectivity index (χ4n) is 3.61. The molecule has 3 heterocycles. The number of hydrogen-bond acceptors (Lipinski definition) is 9. The number of halogens is 2. The molecule has 4 rings (SSSR count). The van der Waals surface area contributed by atoms with E-state index in [1.165, 1.54) is 30.2 Å². The zero-order chi connectivity index (χ0) is 25.4. The van der Waals surface area contributed by atoms with Gasteiger partial charge in [-0.3, -0.25) is 0 Å². The Morgan fingerprint density at radius 1 is 1.26 bits per heavy atom. The Morgan fingerprint density at radius 2 is 1.97 bits per heavy atom. The Hall–Kier alpha value is -3.12. The monoisotopic (exact) mass is 505 g/mol. The fourth-order valence-corrected chi connectivity index (χ4v) is 4.71. The van der Waals surface area contributed by atoms with Crippen LogP contribution in [0.2, 0.25) is 0 Å². The average molecular weight is 506 g/mol. The van der Waals surface area contributed by atoms with E-state index < -0.39 is 6.29 Å². The van der Waals surface area contributed by atoms with Crippen molar-refractivity contribution in [3.05, 3.63) is 31.1 Å². The van der Waals surface area contributed by atoms with Gasteiger partial charge in [0, 0.05) is 50.3 Å². The lowest BCUT2D eigenvalue weighted by Crippen LogP contribution is -2.29. The van der Waals surface area contributed by atoms with Gasteiger partial charge in [0.05, 0.1) is 5.69 Å². The predicted octanol–water partition coefficient (Wildman–Crippen LogP) is 4.14. The molecule has 3 aromatic rings. The average Bonchev–Trinajstić information content (AvgIpc) is 3.26. The highest BCUT2D eigenvalue weighted by molar-refractivity contribution is 7.99. The van der Waals surface area contributed by atoms with Crippen molar-refractivity contribution in [3.8, 4) is 11.5 Å². The third kappa shape index (κ3) is 5.59. The molecule has 0 spiro atoms. The number of ether oxygens (including phenoxy) is 2. The van der Waals surface area contributed by atoms with Crippen molar-refractivity contribution >= 4 is 34.4 Å². The summed E-state index contributed by atoms with van der Waals surface area (Å²) in [5, 5.41) is 4.05.